The van der Waals surface area contributed by atoms with Gasteiger partial charge in [0.1, 0.15) is 10.7 Å². The molecule has 0 radical (unpaired) electrons. The maximum absolute atomic E-state index is 14.2. The molecule has 1 amide bonds. The van der Waals surface area contributed by atoms with E-state index in [1.165, 1.54) is 6.07 Å². The number of benzene rings is 2. The van der Waals surface area contributed by atoms with Crippen molar-refractivity contribution in [2.45, 2.75) is 11.4 Å². The van der Waals surface area contributed by atoms with Crippen LogP contribution in [0.1, 0.15) is 15.9 Å². The van der Waals surface area contributed by atoms with Gasteiger partial charge in [-0.1, -0.05) is 23.7 Å². The summed E-state index contributed by atoms with van der Waals surface area (Å²) < 4.78 is 45.8. The van der Waals surface area contributed by atoms with Crippen LogP contribution in [0.4, 0.5) is 4.39 Å². The first-order valence-electron chi connectivity index (χ1n) is 8.28. The van der Waals surface area contributed by atoms with Crippen molar-refractivity contribution < 1.29 is 22.3 Å². The highest BCUT2D eigenvalue weighted by Crippen LogP contribution is 2.22. The molecule has 2 aromatic carbocycles. The van der Waals surface area contributed by atoms with Crippen molar-refractivity contribution in [3.8, 4) is 0 Å². The molecule has 1 fully saturated rings. The SMILES string of the molecule is O=C(NCc1ccc(Cl)cc1)c1ccc(F)c(S(=O)(=O)N2CCOCC2)c1. The Balaban J connectivity index is 1.77. The Labute approximate surface area is 161 Å². The highest BCUT2D eigenvalue weighted by molar-refractivity contribution is 7.89. The highest BCUT2D eigenvalue weighted by Gasteiger charge is 2.29. The third-order valence-corrected chi connectivity index (χ3v) is 6.31. The fraction of sp³-hybridized carbons (Fsp3) is 0.278. The van der Waals surface area contributed by atoms with Crippen LogP contribution in [0.25, 0.3) is 0 Å². The molecule has 1 aliphatic heterocycles. The summed E-state index contributed by atoms with van der Waals surface area (Å²) in [6, 6.07) is 10.2. The second-order valence-corrected chi connectivity index (χ2v) is 8.31. The topological polar surface area (TPSA) is 75.7 Å². The molecule has 2 aromatic rings. The summed E-state index contributed by atoms with van der Waals surface area (Å²) in [6.45, 7) is 1.03. The first-order valence-corrected chi connectivity index (χ1v) is 10.1. The molecular formula is C18H18ClFN2O4S. The number of hydrogen-bond donors (Lipinski definition) is 1. The van der Waals surface area contributed by atoms with Gasteiger partial charge in [0.2, 0.25) is 10.0 Å². The van der Waals surface area contributed by atoms with Crippen molar-refractivity contribution in [1.29, 1.82) is 0 Å². The van der Waals surface area contributed by atoms with Gasteiger partial charge in [0, 0.05) is 30.2 Å². The predicted octanol–water partition coefficient (Wildman–Crippen LogP) is 2.43. The van der Waals surface area contributed by atoms with E-state index in [2.05, 4.69) is 5.32 Å². The van der Waals surface area contributed by atoms with Gasteiger partial charge in [-0.05, 0) is 35.9 Å². The van der Waals surface area contributed by atoms with Gasteiger partial charge in [-0.25, -0.2) is 12.8 Å². The van der Waals surface area contributed by atoms with Gasteiger partial charge < -0.3 is 10.1 Å². The number of amides is 1. The predicted molar refractivity (Wildman–Crippen MR) is 98.6 cm³/mol. The first kappa shape index (κ1) is 19.8. The van der Waals surface area contributed by atoms with Crippen LogP contribution in [0.2, 0.25) is 5.02 Å². The van der Waals surface area contributed by atoms with Crippen LogP contribution >= 0.6 is 11.6 Å². The summed E-state index contributed by atoms with van der Waals surface area (Å²) in [5, 5.41) is 3.26. The average Bonchev–Trinajstić information content (AvgIpc) is 2.68. The standard InChI is InChI=1S/C18H18ClFN2O4S/c19-15-4-1-13(2-5-15)12-21-18(23)14-3-6-16(20)17(11-14)27(24,25)22-7-9-26-10-8-22/h1-6,11H,7-10,12H2,(H,21,23). The first-order chi connectivity index (χ1) is 12.9. The maximum atomic E-state index is 14.2. The minimum Gasteiger partial charge on any atom is -0.379 e. The molecule has 0 saturated carbocycles. The molecule has 144 valence electrons. The van der Waals surface area contributed by atoms with Gasteiger partial charge in [0.15, 0.2) is 0 Å². The number of hydrogen-bond acceptors (Lipinski definition) is 4. The molecule has 0 spiro atoms. The Morgan fingerprint density at radius 1 is 1.15 bits per heavy atom. The zero-order chi connectivity index (χ0) is 19.4. The van der Waals surface area contributed by atoms with Gasteiger partial charge in [-0.15, -0.1) is 0 Å². The second-order valence-electron chi connectivity index (χ2n) is 5.97. The smallest absolute Gasteiger partial charge is 0.251 e. The Morgan fingerprint density at radius 2 is 1.81 bits per heavy atom. The third kappa shape index (κ3) is 4.65. The molecule has 9 heteroatoms. The number of carbonyl (C=O) groups is 1. The van der Waals surface area contributed by atoms with E-state index in [1.54, 1.807) is 24.3 Å². The summed E-state index contributed by atoms with van der Waals surface area (Å²) in [5.41, 5.74) is 0.897. The molecule has 6 nitrogen and oxygen atoms in total. The Hall–Kier alpha value is -2.00. The number of rotatable bonds is 5. The van der Waals surface area contributed by atoms with Crippen molar-refractivity contribution in [3.05, 3.63) is 64.4 Å². The number of ether oxygens (including phenoxy) is 1. The molecule has 0 aliphatic carbocycles. The normalized spacial score (nSPS) is 15.5. The molecule has 0 bridgehead atoms. The number of carbonyl (C=O) groups excluding carboxylic acids is 1. The zero-order valence-electron chi connectivity index (χ0n) is 14.3. The summed E-state index contributed by atoms with van der Waals surface area (Å²) in [5.74, 6) is -1.39. The van der Waals surface area contributed by atoms with Crippen molar-refractivity contribution in [3.63, 3.8) is 0 Å². The number of halogens is 2. The van der Waals surface area contributed by atoms with Crippen LogP contribution in [-0.2, 0) is 21.3 Å². The molecule has 0 unspecified atom stereocenters. The van der Waals surface area contributed by atoms with Crippen LogP contribution in [-0.4, -0.2) is 44.9 Å². The fourth-order valence-electron chi connectivity index (χ4n) is 2.65. The molecule has 27 heavy (non-hydrogen) atoms. The summed E-state index contributed by atoms with van der Waals surface area (Å²) >= 11 is 5.82. The molecule has 1 aliphatic rings. The van der Waals surface area contributed by atoms with Crippen LogP contribution < -0.4 is 5.32 Å². The lowest BCUT2D eigenvalue weighted by molar-refractivity contribution is 0.0729. The van der Waals surface area contributed by atoms with Gasteiger partial charge >= 0.3 is 0 Å². The summed E-state index contributed by atoms with van der Waals surface area (Å²) in [7, 11) is -4.04. The van der Waals surface area contributed by atoms with E-state index in [0.717, 1.165) is 22.0 Å². The third-order valence-electron chi connectivity index (χ3n) is 4.15. The number of nitrogens with one attached hydrogen (secondary N) is 1. The van der Waals surface area contributed by atoms with E-state index >= 15 is 0 Å². The van der Waals surface area contributed by atoms with E-state index in [4.69, 9.17) is 16.3 Å². The van der Waals surface area contributed by atoms with Gasteiger partial charge in [-0.3, -0.25) is 4.79 Å². The second kappa shape index (κ2) is 8.35. The molecular weight excluding hydrogens is 395 g/mol. The number of nitrogens with zero attached hydrogens (tertiary/aromatic N) is 1. The van der Waals surface area contributed by atoms with Crippen LogP contribution in [0, 0.1) is 5.82 Å². The Morgan fingerprint density at radius 3 is 2.48 bits per heavy atom. The van der Waals surface area contributed by atoms with Gasteiger partial charge in [0.25, 0.3) is 5.91 Å². The highest BCUT2D eigenvalue weighted by atomic mass is 35.5. The van der Waals surface area contributed by atoms with E-state index < -0.39 is 26.6 Å². The van der Waals surface area contributed by atoms with Crippen molar-refractivity contribution >= 4 is 27.5 Å². The Bertz CT molecular complexity index is 929. The lowest BCUT2D eigenvalue weighted by Gasteiger charge is -2.26. The minimum atomic E-state index is -4.04. The van der Waals surface area contributed by atoms with E-state index in [-0.39, 0.29) is 38.4 Å². The lowest BCUT2D eigenvalue weighted by atomic mass is 10.2. The summed E-state index contributed by atoms with van der Waals surface area (Å²) in [6.07, 6.45) is 0. The van der Waals surface area contributed by atoms with Gasteiger partial charge in [-0.2, -0.15) is 4.31 Å². The van der Waals surface area contributed by atoms with E-state index in [0.29, 0.717) is 5.02 Å². The zero-order valence-corrected chi connectivity index (χ0v) is 15.9. The molecule has 1 heterocycles. The average molecular weight is 413 g/mol. The number of sulfonamides is 1. The van der Waals surface area contributed by atoms with Crippen molar-refractivity contribution in [2.24, 2.45) is 0 Å². The lowest BCUT2D eigenvalue weighted by Crippen LogP contribution is -2.41. The van der Waals surface area contributed by atoms with Crippen LogP contribution in [0.5, 0.6) is 0 Å². The maximum Gasteiger partial charge on any atom is 0.251 e. The van der Waals surface area contributed by atoms with Crippen molar-refractivity contribution in [1.82, 2.24) is 9.62 Å². The fourth-order valence-corrected chi connectivity index (χ4v) is 4.28. The quantitative estimate of drug-likeness (QED) is 0.818. The molecule has 3 rings (SSSR count). The minimum absolute atomic E-state index is 0.0668. The van der Waals surface area contributed by atoms with Crippen molar-refractivity contribution in [2.75, 3.05) is 26.3 Å². The van der Waals surface area contributed by atoms with Crippen LogP contribution in [0.3, 0.4) is 0 Å². The summed E-state index contributed by atoms with van der Waals surface area (Å²) in [4.78, 5) is 11.9. The Kier molecular flexibility index (Phi) is 6.11. The number of morpholine rings is 1. The monoisotopic (exact) mass is 412 g/mol. The van der Waals surface area contributed by atoms with E-state index in [1.807, 2.05) is 0 Å². The van der Waals surface area contributed by atoms with Gasteiger partial charge in [0.05, 0.1) is 13.2 Å². The largest absolute Gasteiger partial charge is 0.379 e. The van der Waals surface area contributed by atoms with Crippen LogP contribution in [0.15, 0.2) is 47.4 Å². The molecule has 1 N–H and O–H groups in total. The molecule has 0 atom stereocenters. The molecule has 0 aromatic heterocycles. The molecule has 1 saturated heterocycles. The van der Waals surface area contributed by atoms with E-state index in [9.17, 15) is 17.6 Å².